The number of carbonyl (C=O) groups is 1. The smallest absolute Gasteiger partial charge is 0.226 e. The fraction of sp³-hybridized carbons (Fsp3) is 0.467. The molecular formula is C15H18N2O2S. The normalized spacial score (nSPS) is 15.7. The highest BCUT2D eigenvalue weighted by molar-refractivity contribution is 7.22. The monoisotopic (exact) mass is 290 g/mol. The van der Waals surface area contributed by atoms with Crippen molar-refractivity contribution in [2.45, 2.75) is 32.1 Å². The Balaban J connectivity index is 1.68. The Kier molecular flexibility index (Phi) is 3.87. The van der Waals surface area contributed by atoms with E-state index in [1.807, 2.05) is 18.2 Å². The number of aromatic nitrogens is 1. The number of methoxy groups -OCH3 is 1. The predicted octanol–water partition coefficient (Wildman–Crippen LogP) is 3.82. The summed E-state index contributed by atoms with van der Waals surface area (Å²) in [5.41, 5.74) is 0.895. The summed E-state index contributed by atoms with van der Waals surface area (Å²) < 4.78 is 6.22. The van der Waals surface area contributed by atoms with Crippen molar-refractivity contribution >= 4 is 32.6 Å². The summed E-state index contributed by atoms with van der Waals surface area (Å²) in [5, 5.41) is 3.60. The van der Waals surface area contributed by atoms with Crippen LogP contribution in [0.1, 0.15) is 32.1 Å². The molecule has 1 amide bonds. The molecule has 0 spiro atoms. The number of rotatable bonds is 4. The number of hydrogen-bond donors (Lipinski definition) is 1. The van der Waals surface area contributed by atoms with E-state index in [1.165, 1.54) is 37.0 Å². The zero-order valence-corrected chi connectivity index (χ0v) is 12.3. The van der Waals surface area contributed by atoms with Crippen LogP contribution in [0.3, 0.4) is 0 Å². The number of hydrogen-bond acceptors (Lipinski definition) is 4. The molecule has 4 nitrogen and oxygen atoms in total. The van der Waals surface area contributed by atoms with Gasteiger partial charge in [0.1, 0.15) is 5.75 Å². The van der Waals surface area contributed by atoms with Crippen molar-refractivity contribution in [3.05, 3.63) is 18.2 Å². The first kappa shape index (κ1) is 13.4. The van der Waals surface area contributed by atoms with Gasteiger partial charge in [0.25, 0.3) is 0 Å². The van der Waals surface area contributed by atoms with E-state index in [4.69, 9.17) is 4.74 Å². The number of fused-ring (bicyclic) bond motifs is 1. The highest BCUT2D eigenvalue weighted by Crippen LogP contribution is 2.31. The molecule has 0 radical (unpaired) electrons. The minimum Gasteiger partial charge on any atom is -0.497 e. The second kappa shape index (κ2) is 5.79. The largest absolute Gasteiger partial charge is 0.497 e. The summed E-state index contributed by atoms with van der Waals surface area (Å²) in [6.45, 7) is 0. The van der Waals surface area contributed by atoms with Gasteiger partial charge >= 0.3 is 0 Å². The molecule has 5 heteroatoms. The van der Waals surface area contributed by atoms with E-state index in [-0.39, 0.29) is 5.91 Å². The van der Waals surface area contributed by atoms with E-state index >= 15 is 0 Å². The second-order valence-corrected chi connectivity index (χ2v) is 6.29. The third kappa shape index (κ3) is 2.93. The van der Waals surface area contributed by atoms with Gasteiger partial charge in [0.15, 0.2) is 5.13 Å². The molecule has 3 rings (SSSR count). The van der Waals surface area contributed by atoms with E-state index < -0.39 is 0 Å². The molecule has 0 saturated heterocycles. The molecule has 0 atom stereocenters. The molecular weight excluding hydrogens is 272 g/mol. The molecule has 1 aliphatic rings. The molecule has 2 aromatic rings. The molecule has 1 N–H and O–H groups in total. The molecule has 0 bridgehead atoms. The van der Waals surface area contributed by atoms with E-state index in [9.17, 15) is 4.79 Å². The first-order valence-corrected chi connectivity index (χ1v) is 7.80. The summed E-state index contributed by atoms with van der Waals surface area (Å²) in [7, 11) is 1.65. The molecule has 1 aliphatic carbocycles. The number of carbonyl (C=O) groups excluding carboxylic acids is 1. The fourth-order valence-electron chi connectivity index (χ4n) is 2.73. The SMILES string of the molecule is COc1ccc2nc(NC(=O)CC3CCCC3)sc2c1. The van der Waals surface area contributed by atoms with Crippen molar-refractivity contribution in [1.82, 2.24) is 4.98 Å². The maximum absolute atomic E-state index is 12.0. The lowest BCUT2D eigenvalue weighted by Crippen LogP contribution is -2.14. The van der Waals surface area contributed by atoms with Crippen LogP contribution in [0.25, 0.3) is 10.2 Å². The molecule has 1 saturated carbocycles. The van der Waals surface area contributed by atoms with Gasteiger partial charge in [-0.2, -0.15) is 0 Å². The van der Waals surface area contributed by atoms with Crippen LogP contribution in [0.4, 0.5) is 5.13 Å². The fourth-order valence-corrected chi connectivity index (χ4v) is 3.64. The Bertz CT molecular complexity index is 617. The maximum Gasteiger partial charge on any atom is 0.226 e. The molecule has 106 valence electrons. The standard InChI is InChI=1S/C15H18N2O2S/c1-19-11-6-7-12-13(9-11)20-15(16-12)17-14(18)8-10-4-2-3-5-10/h6-7,9-10H,2-5,8H2,1H3,(H,16,17,18). The van der Waals surface area contributed by atoms with Crippen molar-refractivity contribution in [2.24, 2.45) is 5.92 Å². The lowest BCUT2D eigenvalue weighted by Gasteiger charge is -2.07. The quantitative estimate of drug-likeness (QED) is 0.931. The number of amides is 1. The highest BCUT2D eigenvalue weighted by Gasteiger charge is 2.19. The van der Waals surface area contributed by atoms with Crippen molar-refractivity contribution < 1.29 is 9.53 Å². The number of thiazole rings is 1. The lowest BCUT2D eigenvalue weighted by molar-refractivity contribution is -0.117. The van der Waals surface area contributed by atoms with Crippen LogP contribution in [-0.4, -0.2) is 18.0 Å². The number of nitrogens with one attached hydrogen (secondary N) is 1. The zero-order chi connectivity index (χ0) is 13.9. The first-order chi connectivity index (χ1) is 9.74. The van der Waals surface area contributed by atoms with Gasteiger partial charge in [0.05, 0.1) is 17.3 Å². The molecule has 1 aromatic carbocycles. The molecule has 20 heavy (non-hydrogen) atoms. The van der Waals surface area contributed by atoms with Gasteiger partial charge in [-0.3, -0.25) is 4.79 Å². The molecule has 1 heterocycles. The summed E-state index contributed by atoms with van der Waals surface area (Å²) in [5.74, 6) is 1.46. The highest BCUT2D eigenvalue weighted by atomic mass is 32.1. The Morgan fingerprint density at radius 2 is 2.25 bits per heavy atom. The van der Waals surface area contributed by atoms with Crippen molar-refractivity contribution in [3.8, 4) is 5.75 Å². The van der Waals surface area contributed by atoms with Crippen LogP contribution in [-0.2, 0) is 4.79 Å². The number of benzene rings is 1. The van der Waals surface area contributed by atoms with Gasteiger partial charge < -0.3 is 10.1 Å². The average Bonchev–Trinajstić information content (AvgIpc) is 3.06. The minimum absolute atomic E-state index is 0.0860. The molecule has 0 unspecified atom stereocenters. The van der Waals surface area contributed by atoms with Crippen molar-refractivity contribution in [2.75, 3.05) is 12.4 Å². The van der Waals surface area contributed by atoms with Gasteiger partial charge in [0, 0.05) is 6.42 Å². The van der Waals surface area contributed by atoms with Crippen LogP contribution in [0.2, 0.25) is 0 Å². The van der Waals surface area contributed by atoms with Gasteiger partial charge in [0.2, 0.25) is 5.91 Å². The summed E-state index contributed by atoms with van der Waals surface area (Å²) in [6, 6.07) is 5.74. The Labute approximate surface area is 122 Å². The third-order valence-corrected chi connectivity index (χ3v) is 4.72. The molecule has 1 aromatic heterocycles. The summed E-state index contributed by atoms with van der Waals surface area (Å²) >= 11 is 1.49. The van der Waals surface area contributed by atoms with Gasteiger partial charge in [-0.1, -0.05) is 24.2 Å². The molecule has 1 fully saturated rings. The van der Waals surface area contributed by atoms with Crippen molar-refractivity contribution in [1.29, 1.82) is 0 Å². The second-order valence-electron chi connectivity index (χ2n) is 5.26. The predicted molar refractivity (Wildman–Crippen MR) is 81.4 cm³/mol. The topological polar surface area (TPSA) is 51.2 Å². The summed E-state index contributed by atoms with van der Waals surface area (Å²) in [6.07, 6.45) is 5.52. The van der Waals surface area contributed by atoms with Gasteiger partial charge in [-0.25, -0.2) is 4.98 Å². The third-order valence-electron chi connectivity index (χ3n) is 3.79. The minimum atomic E-state index is 0.0860. The van der Waals surface area contributed by atoms with Crippen LogP contribution < -0.4 is 10.1 Å². The average molecular weight is 290 g/mol. The van der Waals surface area contributed by atoms with E-state index in [0.717, 1.165) is 16.0 Å². The van der Waals surface area contributed by atoms with E-state index in [0.29, 0.717) is 17.5 Å². The zero-order valence-electron chi connectivity index (χ0n) is 11.5. The lowest BCUT2D eigenvalue weighted by atomic mass is 10.0. The number of nitrogens with zero attached hydrogens (tertiary/aromatic N) is 1. The Morgan fingerprint density at radius 1 is 1.45 bits per heavy atom. The summed E-state index contributed by atoms with van der Waals surface area (Å²) in [4.78, 5) is 16.4. The van der Waals surface area contributed by atoms with Crippen LogP contribution >= 0.6 is 11.3 Å². The van der Waals surface area contributed by atoms with Crippen LogP contribution in [0, 0.1) is 5.92 Å². The van der Waals surface area contributed by atoms with Crippen LogP contribution in [0.15, 0.2) is 18.2 Å². The first-order valence-electron chi connectivity index (χ1n) is 6.99. The number of anilines is 1. The Hall–Kier alpha value is -1.62. The Morgan fingerprint density at radius 3 is 3.00 bits per heavy atom. The number of ether oxygens (including phenoxy) is 1. The van der Waals surface area contributed by atoms with E-state index in [2.05, 4.69) is 10.3 Å². The van der Waals surface area contributed by atoms with Crippen LogP contribution in [0.5, 0.6) is 5.75 Å². The molecule has 0 aliphatic heterocycles. The van der Waals surface area contributed by atoms with Gasteiger partial charge in [-0.05, 0) is 37.0 Å². The maximum atomic E-state index is 12.0. The van der Waals surface area contributed by atoms with Gasteiger partial charge in [-0.15, -0.1) is 0 Å². The van der Waals surface area contributed by atoms with Crippen molar-refractivity contribution in [3.63, 3.8) is 0 Å². The van der Waals surface area contributed by atoms with E-state index in [1.54, 1.807) is 7.11 Å².